The van der Waals surface area contributed by atoms with Gasteiger partial charge in [-0.2, -0.15) is 0 Å². The maximum atomic E-state index is 4.85. The van der Waals surface area contributed by atoms with Crippen LogP contribution in [0.5, 0.6) is 0 Å². The summed E-state index contributed by atoms with van der Waals surface area (Å²) in [5.41, 5.74) is 2.76. The molecule has 0 saturated heterocycles. The Bertz CT molecular complexity index is 219. The summed E-state index contributed by atoms with van der Waals surface area (Å²) in [6.45, 7) is 6.54. The summed E-state index contributed by atoms with van der Waals surface area (Å²) >= 11 is -0.346. The van der Waals surface area contributed by atoms with Crippen molar-refractivity contribution in [1.29, 1.82) is 0 Å². The second kappa shape index (κ2) is 9.96. The quantitative estimate of drug-likeness (QED) is 0.507. The molecule has 1 aromatic carbocycles. The topological polar surface area (TPSA) is 0 Å². The molecule has 0 N–H and O–H groups in total. The van der Waals surface area contributed by atoms with Crippen LogP contribution < -0.4 is 0 Å². The van der Waals surface area contributed by atoms with Crippen molar-refractivity contribution in [2.45, 2.75) is 26.7 Å². The van der Waals surface area contributed by atoms with Gasteiger partial charge in [-0.05, 0) is 18.4 Å². The Morgan fingerprint density at radius 1 is 1.07 bits per heavy atom. The van der Waals surface area contributed by atoms with E-state index < -0.39 is 0 Å². The number of benzene rings is 1. The molecule has 0 saturated carbocycles. The molecule has 0 aromatic heterocycles. The average molecular weight is 321 g/mol. The van der Waals surface area contributed by atoms with Crippen molar-refractivity contribution in [3.8, 4) is 0 Å². The minimum atomic E-state index is -0.346. The molecule has 0 unspecified atom stereocenters. The van der Waals surface area contributed by atoms with Crippen molar-refractivity contribution >= 4 is 19.4 Å². The molecule has 0 atom stereocenters. The van der Waals surface area contributed by atoms with E-state index in [0.717, 1.165) is 0 Å². The fourth-order valence-corrected chi connectivity index (χ4v) is 0.951. The van der Waals surface area contributed by atoms with Gasteiger partial charge in [0.2, 0.25) is 0 Å². The molecule has 1 aromatic rings. The monoisotopic (exact) mass is 321 g/mol. The number of rotatable bonds is 1. The molecule has 0 bridgehead atoms. The molecule has 0 fully saturated rings. The zero-order chi connectivity index (χ0) is 10.3. The van der Waals surface area contributed by atoms with Gasteiger partial charge in [0.15, 0.2) is 0 Å². The molecule has 14 heavy (non-hydrogen) atoms. The summed E-state index contributed by atoms with van der Waals surface area (Å²) in [5.74, 6) is 0.653. The fourth-order valence-electron chi connectivity index (χ4n) is 0.951. The van der Waals surface area contributed by atoms with Crippen LogP contribution in [0.4, 0.5) is 0 Å². The van der Waals surface area contributed by atoms with E-state index in [1.807, 2.05) is 0 Å². The second-order valence-corrected chi connectivity index (χ2v) is 5.75. The summed E-state index contributed by atoms with van der Waals surface area (Å²) in [6.07, 6.45) is 0. The summed E-state index contributed by atoms with van der Waals surface area (Å²) in [5, 5.41) is 0. The Morgan fingerprint density at radius 2 is 1.43 bits per heavy atom. The van der Waals surface area contributed by atoms with E-state index in [-0.39, 0.29) is 22.6 Å². The first-order valence-electron chi connectivity index (χ1n) is 4.03. The van der Waals surface area contributed by atoms with E-state index in [2.05, 4.69) is 45.0 Å². The maximum absolute atomic E-state index is 4.85. The molecule has 84 valence electrons. The second-order valence-electron chi connectivity index (χ2n) is 3.12. The Kier molecular flexibility index (Phi) is 12.0. The van der Waals surface area contributed by atoms with Crippen LogP contribution in [0.15, 0.2) is 24.3 Å². The van der Waals surface area contributed by atoms with Gasteiger partial charge in [0, 0.05) is 0 Å². The van der Waals surface area contributed by atoms with Gasteiger partial charge in [0.25, 0.3) is 0 Å². The van der Waals surface area contributed by atoms with Crippen LogP contribution in [-0.2, 0) is 15.1 Å². The summed E-state index contributed by atoms with van der Waals surface area (Å²) in [6, 6.07) is 8.71. The van der Waals surface area contributed by atoms with E-state index in [0.29, 0.717) is 5.92 Å². The Hall–Kier alpha value is 0.423. The average Bonchev–Trinajstić information content (AvgIpc) is 2.06. The predicted molar refractivity (Wildman–Crippen MR) is 63.4 cm³/mol. The van der Waals surface area contributed by atoms with Gasteiger partial charge in [-0.15, -0.1) is 0 Å². The van der Waals surface area contributed by atoms with Crippen LogP contribution in [-0.4, -0.2) is 0 Å². The van der Waals surface area contributed by atoms with Gasteiger partial charge in [-0.25, -0.2) is 0 Å². The normalized spacial score (nSPS) is 9.00. The van der Waals surface area contributed by atoms with Gasteiger partial charge < -0.3 is 7.43 Å². The van der Waals surface area contributed by atoms with E-state index in [1.54, 1.807) is 0 Å². The first kappa shape index (κ1) is 16.8. The van der Waals surface area contributed by atoms with E-state index in [1.165, 1.54) is 11.1 Å². The molecule has 0 amide bonds. The number of aryl methyl sites for hydroxylation is 1. The summed E-state index contributed by atoms with van der Waals surface area (Å²) < 4.78 is 0. The van der Waals surface area contributed by atoms with Gasteiger partial charge in [0.05, 0.1) is 0 Å². The molecular weight excluding hydrogens is 304 g/mol. The SMILES string of the molecule is Cc1ccc(C(C)C)cc1.[CH3-].[Cl][Ru][Cl]. The Balaban J connectivity index is 0. The predicted octanol–water partition coefficient (Wildman–Crippen LogP) is 4.95. The molecule has 1 rings (SSSR count). The number of hydrogen-bond acceptors (Lipinski definition) is 0. The van der Waals surface area contributed by atoms with Crippen LogP contribution in [0.25, 0.3) is 0 Å². The molecule has 0 nitrogen and oxygen atoms in total. The number of halogens is 2. The van der Waals surface area contributed by atoms with Crippen LogP contribution in [0, 0.1) is 14.4 Å². The van der Waals surface area contributed by atoms with Crippen molar-refractivity contribution in [2.24, 2.45) is 0 Å². The van der Waals surface area contributed by atoms with Crippen LogP contribution in [0.2, 0.25) is 0 Å². The van der Waals surface area contributed by atoms with Crippen molar-refractivity contribution in [3.05, 3.63) is 42.8 Å². The minimum absolute atomic E-state index is 0. The van der Waals surface area contributed by atoms with Gasteiger partial charge in [-0.3, -0.25) is 0 Å². The van der Waals surface area contributed by atoms with Gasteiger partial charge in [-0.1, -0.05) is 43.7 Å². The van der Waals surface area contributed by atoms with Gasteiger partial charge in [0.1, 0.15) is 0 Å². The zero-order valence-corrected chi connectivity index (χ0v) is 12.2. The third kappa shape index (κ3) is 7.79. The third-order valence-electron chi connectivity index (χ3n) is 1.74. The molecule has 0 heterocycles. The first-order chi connectivity index (χ1) is 6.11. The van der Waals surface area contributed by atoms with E-state index >= 15 is 0 Å². The molecular formula is C11H17Cl2Ru-. The Labute approximate surface area is 104 Å². The van der Waals surface area contributed by atoms with Crippen molar-refractivity contribution in [1.82, 2.24) is 0 Å². The standard InChI is InChI=1S/C10H14.CH3.2ClH.Ru/c1-8(2)10-6-4-9(3)5-7-10;;;;/h4-8H,1-3H3;1H3;2*1H;/q;-1;;;+2/p-2. The van der Waals surface area contributed by atoms with Crippen LogP contribution in [0.1, 0.15) is 30.9 Å². The third-order valence-corrected chi connectivity index (χ3v) is 1.74. The van der Waals surface area contributed by atoms with Gasteiger partial charge >= 0.3 is 34.5 Å². The molecule has 3 heteroatoms. The molecule has 0 aliphatic rings. The fraction of sp³-hybridized carbons (Fsp3) is 0.364. The van der Waals surface area contributed by atoms with E-state index in [9.17, 15) is 0 Å². The number of hydrogen-bond donors (Lipinski definition) is 0. The zero-order valence-electron chi connectivity index (χ0n) is 9.00. The van der Waals surface area contributed by atoms with Crippen LogP contribution >= 0.6 is 19.4 Å². The Morgan fingerprint density at radius 3 is 1.71 bits per heavy atom. The van der Waals surface area contributed by atoms with Crippen molar-refractivity contribution in [3.63, 3.8) is 0 Å². The molecule has 0 radical (unpaired) electrons. The molecule has 0 aliphatic carbocycles. The van der Waals surface area contributed by atoms with E-state index in [4.69, 9.17) is 19.4 Å². The van der Waals surface area contributed by atoms with Crippen molar-refractivity contribution in [2.75, 3.05) is 0 Å². The molecule has 0 spiro atoms. The summed E-state index contributed by atoms with van der Waals surface area (Å²) in [7, 11) is 9.71. The first-order valence-corrected chi connectivity index (χ1v) is 8.51. The molecule has 0 aliphatic heterocycles. The van der Waals surface area contributed by atoms with Crippen molar-refractivity contribution < 1.29 is 15.1 Å². The summed E-state index contributed by atoms with van der Waals surface area (Å²) in [4.78, 5) is 0. The van der Waals surface area contributed by atoms with Crippen LogP contribution in [0.3, 0.4) is 0 Å².